The van der Waals surface area contributed by atoms with Gasteiger partial charge in [-0.15, -0.1) is 0 Å². The van der Waals surface area contributed by atoms with Crippen LogP contribution in [0.3, 0.4) is 0 Å². The molecule has 2 rings (SSSR count). The van der Waals surface area contributed by atoms with Crippen molar-refractivity contribution in [2.45, 2.75) is 6.92 Å². The monoisotopic (exact) mass is 216 g/mol. The number of nitrogen functional groups attached to an aromatic ring is 1. The van der Waals surface area contributed by atoms with Crippen LogP contribution in [0.25, 0.3) is 0 Å². The Balaban J connectivity index is 2.13. The first kappa shape index (κ1) is 10.2. The maximum absolute atomic E-state index is 11.7. The molecule has 0 atom stereocenters. The number of nitrogens with two attached hydrogens (primary N) is 1. The van der Waals surface area contributed by atoms with Crippen LogP contribution in [0.1, 0.15) is 16.2 Å². The van der Waals surface area contributed by atoms with Gasteiger partial charge in [-0.25, -0.2) is 0 Å². The molecule has 82 valence electrons. The van der Waals surface area contributed by atoms with Crippen molar-refractivity contribution >= 4 is 17.3 Å². The van der Waals surface area contributed by atoms with Crippen LogP contribution in [0.2, 0.25) is 0 Å². The van der Waals surface area contributed by atoms with Crippen LogP contribution >= 0.6 is 0 Å². The molecule has 16 heavy (non-hydrogen) atoms. The van der Waals surface area contributed by atoms with Crippen molar-refractivity contribution < 1.29 is 4.79 Å². The van der Waals surface area contributed by atoms with E-state index in [1.807, 2.05) is 6.92 Å². The molecular formula is C11H12N4O. The molecule has 0 aliphatic rings. The Hall–Kier alpha value is -2.30. The number of benzene rings is 1. The van der Waals surface area contributed by atoms with E-state index in [1.54, 1.807) is 30.3 Å². The van der Waals surface area contributed by atoms with Gasteiger partial charge in [-0.05, 0) is 31.2 Å². The van der Waals surface area contributed by atoms with Gasteiger partial charge < -0.3 is 11.1 Å². The molecule has 0 aliphatic carbocycles. The molecule has 0 unspecified atom stereocenters. The Morgan fingerprint density at radius 1 is 1.44 bits per heavy atom. The van der Waals surface area contributed by atoms with Crippen LogP contribution in [0.15, 0.2) is 30.3 Å². The molecule has 4 N–H and O–H groups in total. The Bertz CT molecular complexity index is 518. The van der Waals surface area contributed by atoms with Crippen molar-refractivity contribution in [2.75, 3.05) is 11.1 Å². The number of anilines is 2. The smallest absolute Gasteiger partial charge is 0.276 e. The third-order valence-corrected chi connectivity index (χ3v) is 2.08. The zero-order chi connectivity index (χ0) is 11.5. The molecule has 5 nitrogen and oxygen atoms in total. The summed E-state index contributed by atoms with van der Waals surface area (Å²) < 4.78 is 0. The quantitative estimate of drug-likeness (QED) is 0.666. The van der Waals surface area contributed by atoms with Gasteiger partial charge in [0, 0.05) is 17.1 Å². The van der Waals surface area contributed by atoms with Crippen molar-refractivity contribution in [1.82, 2.24) is 10.2 Å². The number of aromatic nitrogens is 2. The molecule has 0 saturated carbocycles. The summed E-state index contributed by atoms with van der Waals surface area (Å²) in [5.41, 5.74) is 8.08. The maximum Gasteiger partial charge on any atom is 0.276 e. The number of hydrogen-bond donors (Lipinski definition) is 3. The average molecular weight is 216 g/mol. The van der Waals surface area contributed by atoms with Gasteiger partial charge in [0.25, 0.3) is 5.91 Å². The van der Waals surface area contributed by atoms with Gasteiger partial charge >= 0.3 is 0 Å². The van der Waals surface area contributed by atoms with Crippen molar-refractivity contribution in [2.24, 2.45) is 0 Å². The highest BCUT2D eigenvalue weighted by atomic mass is 16.1. The number of amides is 1. The number of H-pyrrole nitrogens is 1. The summed E-state index contributed by atoms with van der Waals surface area (Å²) in [5, 5.41) is 9.29. The number of nitrogens with zero attached hydrogens (tertiary/aromatic N) is 1. The standard InChI is InChI=1S/C11H12N4O/c1-7-5-10(15-14-7)11(16)13-9-4-2-3-8(12)6-9/h2-6H,12H2,1H3,(H,13,16)(H,14,15). The van der Waals surface area contributed by atoms with E-state index in [9.17, 15) is 4.79 Å². The van der Waals surface area contributed by atoms with Gasteiger partial charge in [-0.2, -0.15) is 5.10 Å². The number of carbonyl (C=O) groups is 1. The fraction of sp³-hybridized carbons (Fsp3) is 0.0909. The van der Waals surface area contributed by atoms with Crippen LogP contribution < -0.4 is 11.1 Å². The Labute approximate surface area is 92.7 Å². The van der Waals surface area contributed by atoms with Crippen LogP contribution in [0, 0.1) is 6.92 Å². The van der Waals surface area contributed by atoms with Gasteiger partial charge in [-0.3, -0.25) is 9.89 Å². The lowest BCUT2D eigenvalue weighted by Gasteiger charge is -2.03. The minimum Gasteiger partial charge on any atom is -0.399 e. The molecule has 0 radical (unpaired) electrons. The van der Waals surface area contributed by atoms with Gasteiger partial charge in [0.1, 0.15) is 0 Å². The average Bonchev–Trinajstić information content (AvgIpc) is 2.65. The Morgan fingerprint density at radius 2 is 2.25 bits per heavy atom. The van der Waals surface area contributed by atoms with E-state index in [4.69, 9.17) is 5.73 Å². The lowest BCUT2D eigenvalue weighted by Crippen LogP contribution is -2.12. The molecule has 1 heterocycles. The molecular weight excluding hydrogens is 204 g/mol. The second-order valence-corrected chi connectivity index (χ2v) is 3.52. The molecule has 0 spiro atoms. The number of aromatic amines is 1. The summed E-state index contributed by atoms with van der Waals surface area (Å²) >= 11 is 0. The summed E-state index contributed by atoms with van der Waals surface area (Å²) in [6, 6.07) is 8.68. The number of rotatable bonds is 2. The van der Waals surface area contributed by atoms with Gasteiger partial charge in [0.05, 0.1) is 0 Å². The van der Waals surface area contributed by atoms with E-state index in [0.717, 1.165) is 5.69 Å². The Kier molecular flexibility index (Phi) is 2.59. The van der Waals surface area contributed by atoms with Gasteiger partial charge in [0.2, 0.25) is 0 Å². The van der Waals surface area contributed by atoms with Crippen molar-refractivity contribution in [3.63, 3.8) is 0 Å². The zero-order valence-corrected chi connectivity index (χ0v) is 8.82. The van der Waals surface area contributed by atoms with Crippen LogP contribution in [-0.2, 0) is 0 Å². The molecule has 0 fully saturated rings. The topological polar surface area (TPSA) is 83.8 Å². The minimum absolute atomic E-state index is 0.255. The van der Waals surface area contributed by atoms with Crippen LogP contribution in [-0.4, -0.2) is 16.1 Å². The second kappa shape index (κ2) is 4.06. The first-order chi connectivity index (χ1) is 7.65. The number of hydrogen-bond acceptors (Lipinski definition) is 3. The summed E-state index contributed by atoms with van der Waals surface area (Å²) in [6.07, 6.45) is 0. The van der Waals surface area contributed by atoms with E-state index in [-0.39, 0.29) is 5.91 Å². The molecule has 1 aromatic heterocycles. The summed E-state index contributed by atoms with van der Waals surface area (Å²) in [4.78, 5) is 11.7. The molecule has 5 heteroatoms. The van der Waals surface area contributed by atoms with Gasteiger partial charge in [-0.1, -0.05) is 6.07 Å². The molecule has 1 aromatic carbocycles. The Morgan fingerprint density at radius 3 is 2.88 bits per heavy atom. The number of nitrogens with one attached hydrogen (secondary N) is 2. The predicted molar refractivity (Wildman–Crippen MR) is 62.1 cm³/mol. The molecule has 0 saturated heterocycles. The first-order valence-corrected chi connectivity index (χ1v) is 4.84. The lowest BCUT2D eigenvalue weighted by atomic mass is 10.2. The van der Waals surface area contributed by atoms with Crippen LogP contribution in [0.5, 0.6) is 0 Å². The predicted octanol–water partition coefficient (Wildman–Crippen LogP) is 1.55. The summed E-state index contributed by atoms with van der Waals surface area (Å²) in [5.74, 6) is -0.255. The second-order valence-electron chi connectivity index (χ2n) is 3.52. The molecule has 0 aliphatic heterocycles. The highest BCUT2D eigenvalue weighted by molar-refractivity contribution is 6.03. The van der Waals surface area contributed by atoms with Crippen LogP contribution in [0.4, 0.5) is 11.4 Å². The van der Waals surface area contributed by atoms with E-state index in [2.05, 4.69) is 15.5 Å². The third-order valence-electron chi connectivity index (χ3n) is 2.08. The summed E-state index contributed by atoms with van der Waals surface area (Å²) in [7, 11) is 0. The SMILES string of the molecule is Cc1cc(C(=O)Nc2cccc(N)c2)n[nH]1. The van der Waals surface area contributed by atoms with E-state index >= 15 is 0 Å². The fourth-order valence-electron chi connectivity index (χ4n) is 1.35. The van der Waals surface area contributed by atoms with E-state index in [0.29, 0.717) is 17.1 Å². The maximum atomic E-state index is 11.7. The van der Waals surface area contributed by atoms with Gasteiger partial charge in [0.15, 0.2) is 5.69 Å². The lowest BCUT2D eigenvalue weighted by molar-refractivity contribution is 0.102. The van der Waals surface area contributed by atoms with Crippen molar-refractivity contribution in [3.8, 4) is 0 Å². The van der Waals surface area contributed by atoms with E-state index < -0.39 is 0 Å². The molecule has 0 bridgehead atoms. The third kappa shape index (κ3) is 2.20. The number of carbonyl (C=O) groups excluding carboxylic acids is 1. The van der Waals surface area contributed by atoms with Crippen molar-refractivity contribution in [3.05, 3.63) is 41.7 Å². The normalized spacial score (nSPS) is 10.1. The van der Waals surface area contributed by atoms with E-state index in [1.165, 1.54) is 0 Å². The largest absolute Gasteiger partial charge is 0.399 e. The zero-order valence-electron chi connectivity index (χ0n) is 8.82. The minimum atomic E-state index is -0.255. The first-order valence-electron chi connectivity index (χ1n) is 4.84. The molecule has 2 aromatic rings. The van der Waals surface area contributed by atoms with Crippen molar-refractivity contribution in [1.29, 1.82) is 0 Å². The summed E-state index contributed by atoms with van der Waals surface area (Å²) in [6.45, 7) is 1.84. The fourth-order valence-corrected chi connectivity index (χ4v) is 1.35. The molecule has 1 amide bonds. The highest BCUT2D eigenvalue weighted by Gasteiger charge is 2.09. The number of aryl methyl sites for hydroxylation is 1. The highest BCUT2D eigenvalue weighted by Crippen LogP contribution is 2.12.